The number of hydrogen-bond donors (Lipinski definition) is 0. The van der Waals surface area contributed by atoms with Crippen LogP contribution in [0.4, 0.5) is 5.69 Å². The van der Waals surface area contributed by atoms with Crippen LogP contribution in [0.25, 0.3) is 6.08 Å². The Morgan fingerprint density at radius 3 is 2.28 bits per heavy atom. The minimum Gasteiger partial charge on any atom is -0.497 e. The van der Waals surface area contributed by atoms with Crippen LogP contribution < -0.4 is 9.47 Å². The molecule has 218 valence electrons. The Balaban J connectivity index is 1.34. The number of carbonyl (C=O) groups is 3. The van der Waals surface area contributed by atoms with Gasteiger partial charge in [-0.15, -0.1) is 0 Å². The first-order valence-corrected chi connectivity index (χ1v) is 13.8. The van der Waals surface area contributed by atoms with Crippen molar-refractivity contribution < 1.29 is 28.8 Å². The van der Waals surface area contributed by atoms with Crippen LogP contribution in [0.1, 0.15) is 57.1 Å². The first-order chi connectivity index (χ1) is 20.8. The molecule has 0 spiro atoms. The maximum Gasteiger partial charge on any atom is 0.270 e. The lowest BCUT2D eigenvalue weighted by atomic mass is 9.77. The minimum absolute atomic E-state index is 0.0289. The van der Waals surface area contributed by atoms with Crippen molar-refractivity contribution in [2.75, 3.05) is 20.8 Å². The van der Waals surface area contributed by atoms with Crippen molar-refractivity contribution in [3.63, 3.8) is 0 Å². The number of benzene rings is 3. The largest absolute Gasteiger partial charge is 0.497 e. The fourth-order valence-electron chi connectivity index (χ4n) is 5.99. The van der Waals surface area contributed by atoms with Crippen LogP contribution in [-0.4, -0.2) is 59.0 Å². The fraction of sp³-hybridized carbons (Fsp3) is 0.250. The Bertz CT molecular complexity index is 1700. The number of rotatable bonds is 7. The van der Waals surface area contributed by atoms with Crippen LogP contribution in [0.3, 0.4) is 0 Å². The van der Waals surface area contributed by atoms with Gasteiger partial charge in [0.15, 0.2) is 0 Å². The highest BCUT2D eigenvalue weighted by Crippen LogP contribution is 2.45. The molecule has 3 aromatic carbocycles. The van der Waals surface area contributed by atoms with Gasteiger partial charge in [0, 0.05) is 18.1 Å². The molecule has 0 N–H and O–H groups in total. The van der Waals surface area contributed by atoms with Crippen LogP contribution in [0.5, 0.6) is 11.5 Å². The number of nitro benzene ring substituents is 1. The van der Waals surface area contributed by atoms with Crippen molar-refractivity contribution in [1.82, 2.24) is 9.91 Å². The standard InChI is InChI=1S/C32H28N4O7/c1-42-23-11-6-19(7-12-23)16-21-4-3-5-26-29(21)33-35(30(26)20-8-13-24(43-2)14-9-20)28(37)18-34-31(38)25-15-10-22(36(40)41)17-27(25)32(34)39/h6-17,26,30H,3-5,18H2,1-2H3. The number of nitrogens with zero attached hydrogens (tertiary/aromatic N) is 4. The van der Waals surface area contributed by atoms with E-state index in [1.165, 1.54) is 17.1 Å². The third-order valence-corrected chi connectivity index (χ3v) is 8.13. The number of non-ortho nitro benzene ring substituents is 1. The summed E-state index contributed by atoms with van der Waals surface area (Å²) in [5.74, 6) is -0.627. The molecular formula is C32H28N4O7. The third-order valence-electron chi connectivity index (χ3n) is 8.13. The van der Waals surface area contributed by atoms with Crippen LogP contribution in [0.2, 0.25) is 0 Å². The molecule has 1 fully saturated rings. The van der Waals surface area contributed by atoms with Gasteiger partial charge in [-0.05, 0) is 72.4 Å². The summed E-state index contributed by atoms with van der Waals surface area (Å²) >= 11 is 0. The van der Waals surface area contributed by atoms with Gasteiger partial charge in [0.05, 0.1) is 42.0 Å². The van der Waals surface area contributed by atoms with Crippen LogP contribution in [0, 0.1) is 16.0 Å². The lowest BCUT2D eigenvalue weighted by Gasteiger charge is -2.30. The number of fused-ring (bicyclic) bond motifs is 2. The number of hydrogen-bond acceptors (Lipinski definition) is 8. The van der Waals surface area contributed by atoms with E-state index in [2.05, 4.69) is 6.08 Å². The Morgan fingerprint density at radius 2 is 1.63 bits per heavy atom. The fourth-order valence-corrected chi connectivity index (χ4v) is 5.99. The predicted octanol–water partition coefficient (Wildman–Crippen LogP) is 5.03. The number of ether oxygens (including phenoxy) is 2. The van der Waals surface area contributed by atoms with Gasteiger partial charge in [-0.1, -0.05) is 24.3 Å². The first-order valence-electron chi connectivity index (χ1n) is 13.8. The SMILES string of the molecule is COc1ccc(C=C2CCCC3C2=NN(C(=O)CN2C(=O)c4ccc([N+](=O)[O-])cc4C2=O)C3c2ccc(OC)cc2)cc1. The first kappa shape index (κ1) is 27.8. The molecule has 1 saturated carbocycles. The molecule has 2 aliphatic heterocycles. The van der Waals surface area contributed by atoms with Crippen LogP contribution in [-0.2, 0) is 4.79 Å². The van der Waals surface area contributed by atoms with E-state index in [9.17, 15) is 24.5 Å². The number of allylic oxidation sites excluding steroid dienone is 1. The normalized spacial score (nSPS) is 20.1. The second-order valence-electron chi connectivity index (χ2n) is 10.6. The zero-order chi connectivity index (χ0) is 30.2. The molecule has 2 unspecified atom stereocenters. The molecule has 11 heteroatoms. The van der Waals surface area contributed by atoms with E-state index in [1.807, 2.05) is 48.5 Å². The molecule has 3 aliphatic rings. The summed E-state index contributed by atoms with van der Waals surface area (Å²) in [5, 5.41) is 17.5. The summed E-state index contributed by atoms with van der Waals surface area (Å²) in [4.78, 5) is 51.6. The molecule has 3 amide bonds. The molecule has 2 heterocycles. The van der Waals surface area contributed by atoms with E-state index in [1.54, 1.807) is 14.2 Å². The highest BCUT2D eigenvalue weighted by molar-refractivity contribution is 6.22. The maximum atomic E-state index is 13.9. The summed E-state index contributed by atoms with van der Waals surface area (Å²) in [7, 11) is 3.19. The number of hydrazone groups is 1. The zero-order valence-electron chi connectivity index (χ0n) is 23.6. The van der Waals surface area contributed by atoms with E-state index in [4.69, 9.17) is 14.6 Å². The Hall–Kier alpha value is -5.32. The van der Waals surface area contributed by atoms with Gasteiger partial charge in [-0.2, -0.15) is 5.10 Å². The summed E-state index contributed by atoms with van der Waals surface area (Å²) in [5.41, 5.74) is 3.27. The monoisotopic (exact) mass is 580 g/mol. The van der Waals surface area contributed by atoms with Gasteiger partial charge in [0.2, 0.25) is 0 Å². The number of amides is 3. The van der Waals surface area contributed by atoms with Crippen molar-refractivity contribution in [2.45, 2.75) is 25.3 Å². The van der Waals surface area contributed by atoms with E-state index in [-0.39, 0.29) is 22.7 Å². The van der Waals surface area contributed by atoms with E-state index >= 15 is 0 Å². The second kappa shape index (κ2) is 11.2. The van der Waals surface area contributed by atoms with Gasteiger partial charge >= 0.3 is 0 Å². The number of imide groups is 1. The number of nitro groups is 1. The Labute approximate surface area is 247 Å². The van der Waals surface area contributed by atoms with Crippen molar-refractivity contribution in [3.05, 3.63) is 105 Å². The predicted molar refractivity (Wildman–Crippen MR) is 157 cm³/mol. The highest BCUT2D eigenvalue weighted by Gasteiger charge is 2.46. The van der Waals surface area contributed by atoms with Crippen molar-refractivity contribution in [3.8, 4) is 11.5 Å². The topological polar surface area (TPSA) is 132 Å². The van der Waals surface area contributed by atoms with Crippen LogP contribution >= 0.6 is 0 Å². The van der Waals surface area contributed by atoms with Gasteiger partial charge in [0.25, 0.3) is 23.4 Å². The number of methoxy groups -OCH3 is 2. The Morgan fingerprint density at radius 1 is 0.977 bits per heavy atom. The molecule has 0 bridgehead atoms. The maximum absolute atomic E-state index is 13.9. The molecule has 3 aromatic rings. The molecule has 6 rings (SSSR count). The van der Waals surface area contributed by atoms with Crippen LogP contribution in [0.15, 0.2) is 77.4 Å². The summed E-state index contributed by atoms with van der Waals surface area (Å²) < 4.78 is 10.6. The second-order valence-corrected chi connectivity index (χ2v) is 10.6. The molecule has 1 aliphatic carbocycles. The smallest absolute Gasteiger partial charge is 0.270 e. The van der Waals surface area contributed by atoms with Gasteiger partial charge < -0.3 is 9.47 Å². The third kappa shape index (κ3) is 5.03. The molecule has 0 aromatic heterocycles. The minimum atomic E-state index is -0.748. The van der Waals surface area contributed by atoms with E-state index < -0.39 is 35.2 Å². The summed E-state index contributed by atoms with van der Waals surface area (Å²) in [6.45, 7) is -0.548. The number of carbonyl (C=O) groups excluding carboxylic acids is 3. The van der Waals surface area contributed by atoms with Gasteiger partial charge in [-0.25, -0.2) is 5.01 Å². The quantitative estimate of drug-likeness (QED) is 0.218. The zero-order valence-corrected chi connectivity index (χ0v) is 23.6. The lowest BCUT2D eigenvalue weighted by molar-refractivity contribution is -0.384. The molecule has 2 atom stereocenters. The molecule has 0 saturated heterocycles. The summed E-state index contributed by atoms with van der Waals surface area (Å²) in [6, 6.07) is 18.2. The van der Waals surface area contributed by atoms with Crippen molar-refractivity contribution >= 4 is 35.2 Å². The molecule has 43 heavy (non-hydrogen) atoms. The van der Waals surface area contributed by atoms with Gasteiger partial charge in [-0.3, -0.25) is 29.4 Å². The summed E-state index contributed by atoms with van der Waals surface area (Å²) in [6.07, 6.45) is 4.56. The van der Waals surface area contributed by atoms with Gasteiger partial charge in [0.1, 0.15) is 18.0 Å². The van der Waals surface area contributed by atoms with E-state index in [0.717, 1.165) is 58.4 Å². The van der Waals surface area contributed by atoms with Crippen molar-refractivity contribution in [2.24, 2.45) is 11.0 Å². The molecule has 0 radical (unpaired) electrons. The average molecular weight is 581 g/mol. The molecular weight excluding hydrogens is 552 g/mol. The molecule has 11 nitrogen and oxygen atoms in total. The Kier molecular flexibility index (Phi) is 7.22. The highest BCUT2D eigenvalue weighted by atomic mass is 16.6. The van der Waals surface area contributed by atoms with Crippen molar-refractivity contribution in [1.29, 1.82) is 0 Å². The van der Waals surface area contributed by atoms with E-state index in [0.29, 0.717) is 5.75 Å². The average Bonchev–Trinajstić information content (AvgIpc) is 3.53. The lowest BCUT2D eigenvalue weighted by Crippen LogP contribution is -2.41.